The van der Waals surface area contributed by atoms with Crippen molar-refractivity contribution in [3.05, 3.63) is 65.7 Å². The van der Waals surface area contributed by atoms with Crippen LogP contribution >= 0.6 is 0 Å². The molecule has 0 atom stereocenters. The fourth-order valence-electron chi connectivity index (χ4n) is 2.82. The highest BCUT2D eigenvalue weighted by atomic mass is 16.5. The van der Waals surface area contributed by atoms with Crippen LogP contribution in [0.2, 0.25) is 0 Å². The smallest absolute Gasteiger partial charge is 0.119 e. The summed E-state index contributed by atoms with van der Waals surface area (Å²) >= 11 is 0. The molecule has 0 aromatic heterocycles. The zero-order chi connectivity index (χ0) is 15.5. The lowest BCUT2D eigenvalue weighted by Crippen LogP contribution is -2.42. The second-order valence-corrected chi connectivity index (χ2v) is 6.14. The predicted octanol–water partition coefficient (Wildman–Crippen LogP) is 4.97. The van der Waals surface area contributed by atoms with E-state index in [9.17, 15) is 0 Å². The Morgan fingerprint density at radius 3 is 2.45 bits per heavy atom. The fraction of sp³-hybridized carbons (Fsp3) is 0.300. The molecule has 0 spiro atoms. The van der Waals surface area contributed by atoms with Gasteiger partial charge in [-0.25, -0.2) is 0 Å². The molecule has 1 saturated carbocycles. The number of nitrogens with one attached hydrogen (secondary N) is 1. The van der Waals surface area contributed by atoms with Gasteiger partial charge in [0.25, 0.3) is 0 Å². The Morgan fingerprint density at radius 1 is 1.09 bits per heavy atom. The first-order valence-corrected chi connectivity index (χ1v) is 7.87. The van der Waals surface area contributed by atoms with Crippen LogP contribution < -0.4 is 10.1 Å². The second-order valence-electron chi connectivity index (χ2n) is 6.14. The molecule has 0 aliphatic heterocycles. The Bertz CT molecular complexity index is 654. The first kappa shape index (κ1) is 14.7. The van der Waals surface area contributed by atoms with Crippen molar-refractivity contribution in [2.75, 3.05) is 5.32 Å². The van der Waals surface area contributed by atoms with E-state index in [0.29, 0.717) is 12.1 Å². The summed E-state index contributed by atoms with van der Waals surface area (Å²) in [6.07, 6.45) is 4.33. The summed E-state index contributed by atoms with van der Waals surface area (Å²) in [5.74, 6) is 0.972. The number of anilines is 1. The molecule has 1 fully saturated rings. The molecule has 0 radical (unpaired) electrons. The monoisotopic (exact) mass is 293 g/mol. The van der Waals surface area contributed by atoms with E-state index in [-0.39, 0.29) is 0 Å². The maximum Gasteiger partial charge on any atom is 0.119 e. The maximum absolute atomic E-state index is 5.98. The third kappa shape index (κ3) is 3.33. The van der Waals surface area contributed by atoms with E-state index in [1.807, 2.05) is 18.2 Å². The van der Waals surface area contributed by atoms with E-state index in [0.717, 1.165) is 18.6 Å². The third-order valence-electron chi connectivity index (χ3n) is 4.28. The van der Waals surface area contributed by atoms with E-state index in [1.165, 1.54) is 22.4 Å². The van der Waals surface area contributed by atoms with Crippen molar-refractivity contribution >= 4 is 11.8 Å². The Morgan fingerprint density at radius 2 is 1.82 bits per heavy atom. The van der Waals surface area contributed by atoms with Crippen LogP contribution in [-0.4, -0.2) is 12.1 Å². The molecule has 1 N–H and O–H groups in total. The van der Waals surface area contributed by atoms with E-state index >= 15 is 0 Å². The molecule has 114 valence electrons. The van der Waals surface area contributed by atoms with Crippen molar-refractivity contribution in [3.63, 3.8) is 0 Å². The van der Waals surface area contributed by atoms with Gasteiger partial charge in [0.2, 0.25) is 0 Å². The van der Waals surface area contributed by atoms with Crippen molar-refractivity contribution in [3.8, 4) is 5.75 Å². The average molecular weight is 293 g/mol. The molecule has 0 heterocycles. The van der Waals surface area contributed by atoms with Gasteiger partial charge in [-0.2, -0.15) is 0 Å². The molecule has 0 saturated heterocycles. The molecule has 1 aliphatic rings. The lowest BCUT2D eigenvalue weighted by atomic mass is 9.89. The van der Waals surface area contributed by atoms with E-state index in [2.05, 4.69) is 56.1 Å². The van der Waals surface area contributed by atoms with E-state index in [4.69, 9.17) is 4.74 Å². The van der Waals surface area contributed by atoms with Crippen molar-refractivity contribution in [2.45, 2.75) is 38.8 Å². The highest BCUT2D eigenvalue weighted by Crippen LogP contribution is 2.29. The van der Waals surface area contributed by atoms with Gasteiger partial charge < -0.3 is 10.1 Å². The Labute approximate surface area is 132 Å². The minimum atomic E-state index is 0.328. The van der Waals surface area contributed by atoms with Crippen LogP contribution in [0.3, 0.4) is 0 Å². The van der Waals surface area contributed by atoms with Crippen molar-refractivity contribution in [1.82, 2.24) is 0 Å². The summed E-state index contributed by atoms with van der Waals surface area (Å²) in [5.41, 5.74) is 4.90. The van der Waals surface area contributed by atoms with Crippen LogP contribution in [-0.2, 0) is 0 Å². The molecule has 1 aliphatic carbocycles. The topological polar surface area (TPSA) is 21.3 Å². The summed E-state index contributed by atoms with van der Waals surface area (Å²) in [7, 11) is 0. The van der Waals surface area contributed by atoms with Crippen LogP contribution in [0.5, 0.6) is 5.75 Å². The average Bonchev–Trinajstić information content (AvgIpc) is 2.47. The standard InChI is InChI=1S/C20H23NO/c1-4-16-7-8-17(11-15(16)3)21-18-12-20(13-18)22-19-9-5-14(2)6-10-19/h4-11,18,20-21H,1,12-13H2,2-3H3/t18-,20+. The zero-order valence-electron chi connectivity index (χ0n) is 13.3. The normalized spacial score (nSPS) is 20.1. The van der Waals surface area contributed by atoms with Crippen molar-refractivity contribution < 1.29 is 4.74 Å². The van der Waals surface area contributed by atoms with Gasteiger partial charge in [0.1, 0.15) is 11.9 Å². The summed E-state index contributed by atoms with van der Waals surface area (Å²) in [4.78, 5) is 0. The van der Waals surface area contributed by atoms with Gasteiger partial charge >= 0.3 is 0 Å². The number of hydrogen-bond donors (Lipinski definition) is 1. The second kappa shape index (κ2) is 6.27. The van der Waals surface area contributed by atoms with Crippen LogP contribution in [0, 0.1) is 13.8 Å². The van der Waals surface area contributed by atoms with E-state index in [1.54, 1.807) is 0 Å². The van der Waals surface area contributed by atoms with E-state index < -0.39 is 0 Å². The first-order valence-electron chi connectivity index (χ1n) is 7.87. The zero-order valence-corrected chi connectivity index (χ0v) is 13.3. The molecule has 2 aromatic rings. The van der Waals surface area contributed by atoms with Gasteiger partial charge in [0.15, 0.2) is 0 Å². The predicted molar refractivity (Wildman–Crippen MR) is 93.5 cm³/mol. The highest BCUT2D eigenvalue weighted by molar-refractivity contribution is 5.58. The molecule has 2 nitrogen and oxygen atoms in total. The van der Waals surface area contributed by atoms with Crippen molar-refractivity contribution in [2.24, 2.45) is 0 Å². The minimum Gasteiger partial charge on any atom is -0.490 e. The molecule has 3 rings (SSSR count). The molecule has 2 aromatic carbocycles. The van der Waals surface area contributed by atoms with Crippen LogP contribution in [0.4, 0.5) is 5.69 Å². The van der Waals surface area contributed by atoms with Gasteiger partial charge in [0, 0.05) is 24.6 Å². The van der Waals surface area contributed by atoms with Gasteiger partial charge in [0.05, 0.1) is 0 Å². The van der Waals surface area contributed by atoms with Crippen LogP contribution in [0.1, 0.15) is 29.5 Å². The number of ether oxygens (including phenoxy) is 1. The highest BCUT2D eigenvalue weighted by Gasteiger charge is 2.30. The molecule has 22 heavy (non-hydrogen) atoms. The molecular weight excluding hydrogens is 270 g/mol. The number of hydrogen-bond acceptors (Lipinski definition) is 2. The first-order chi connectivity index (χ1) is 10.6. The molecule has 2 heteroatoms. The fourth-order valence-corrected chi connectivity index (χ4v) is 2.82. The summed E-state index contributed by atoms with van der Waals surface area (Å²) in [5, 5.41) is 3.58. The quantitative estimate of drug-likeness (QED) is 0.840. The SMILES string of the molecule is C=Cc1ccc(N[C@H]2C[C@@H](Oc3ccc(C)cc3)C2)cc1C. The number of aryl methyl sites for hydroxylation is 2. The van der Waals surface area contributed by atoms with Gasteiger partial charge in [-0.05, 0) is 49.2 Å². The Balaban J connectivity index is 1.50. The lowest BCUT2D eigenvalue weighted by Gasteiger charge is -2.36. The van der Waals surface area contributed by atoms with Crippen LogP contribution in [0.15, 0.2) is 49.0 Å². The van der Waals surface area contributed by atoms with Gasteiger partial charge in [-0.15, -0.1) is 0 Å². The van der Waals surface area contributed by atoms with Crippen molar-refractivity contribution in [1.29, 1.82) is 0 Å². The minimum absolute atomic E-state index is 0.328. The third-order valence-corrected chi connectivity index (χ3v) is 4.28. The molecule has 0 amide bonds. The van der Waals surface area contributed by atoms with Gasteiger partial charge in [-0.3, -0.25) is 0 Å². The number of rotatable bonds is 5. The number of benzene rings is 2. The molecular formula is C20H23NO. The van der Waals surface area contributed by atoms with Crippen LogP contribution in [0.25, 0.3) is 6.08 Å². The van der Waals surface area contributed by atoms with Gasteiger partial charge in [-0.1, -0.05) is 36.4 Å². The molecule has 0 unspecified atom stereocenters. The largest absolute Gasteiger partial charge is 0.490 e. The maximum atomic E-state index is 5.98. The Kier molecular flexibility index (Phi) is 4.19. The lowest BCUT2D eigenvalue weighted by molar-refractivity contribution is 0.108. The Hall–Kier alpha value is -2.22. The summed E-state index contributed by atoms with van der Waals surface area (Å²) < 4.78 is 5.98. The summed E-state index contributed by atoms with van der Waals surface area (Å²) in [6, 6.07) is 15.2. The molecule has 0 bridgehead atoms. The summed E-state index contributed by atoms with van der Waals surface area (Å²) in [6.45, 7) is 8.04.